The molecule has 8 heteroatoms. The van der Waals surface area contributed by atoms with E-state index in [1.165, 1.54) is 18.4 Å². The molecule has 7 nitrogen and oxygen atoms in total. The second kappa shape index (κ2) is 6.35. The zero-order valence-electron chi connectivity index (χ0n) is 14.9. The van der Waals surface area contributed by atoms with E-state index in [0.29, 0.717) is 16.7 Å². The molecule has 0 unspecified atom stereocenters. The van der Waals surface area contributed by atoms with E-state index in [2.05, 4.69) is 15.4 Å². The van der Waals surface area contributed by atoms with Gasteiger partial charge in [0.2, 0.25) is 11.0 Å². The number of nitrogens with one attached hydrogen (secondary N) is 1. The lowest BCUT2D eigenvalue weighted by Gasteiger charge is -2.23. The summed E-state index contributed by atoms with van der Waals surface area (Å²) in [5.41, 5.74) is 2.62. The zero-order chi connectivity index (χ0) is 19.3. The third-order valence-electron chi connectivity index (χ3n) is 4.89. The van der Waals surface area contributed by atoms with Crippen LogP contribution in [0.3, 0.4) is 0 Å². The lowest BCUT2D eigenvalue weighted by Crippen LogP contribution is -2.24. The molecule has 0 fully saturated rings. The third kappa shape index (κ3) is 2.61. The quantitative estimate of drug-likeness (QED) is 0.555. The van der Waals surface area contributed by atoms with Crippen LogP contribution in [0.1, 0.15) is 23.5 Å². The Morgan fingerprint density at radius 3 is 2.93 bits per heavy atom. The van der Waals surface area contributed by atoms with Gasteiger partial charge in [-0.1, -0.05) is 29.5 Å². The minimum atomic E-state index is -0.205. The second-order valence-electron chi connectivity index (χ2n) is 6.56. The fourth-order valence-electron chi connectivity index (χ4n) is 3.54. The lowest BCUT2D eigenvalue weighted by molar-refractivity contribution is -0.116. The van der Waals surface area contributed by atoms with Crippen molar-refractivity contribution in [2.75, 3.05) is 12.4 Å². The van der Waals surface area contributed by atoms with Crippen molar-refractivity contribution < 1.29 is 14.6 Å². The van der Waals surface area contributed by atoms with Gasteiger partial charge in [-0.25, -0.2) is 4.98 Å². The number of phenolic OH excluding ortho intramolecular Hbond substituents is 1. The van der Waals surface area contributed by atoms with Crippen LogP contribution in [0, 0.1) is 0 Å². The van der Waals surface area contributed by atoms with E-state index >= 15 is 0 Å². The number of thiazole rings is 1. The second-order valence-corrected chi connectivity index (χ2v) is 7.57. The maximum absolute atomic E-state index is 12.4. The van der Waals surface area contributed by atoms with Crippen LogP contribution in [0.4, 0.5) is 5.82 Å². The third-order valence-corrected chi connectivity index (χ3v) is 5.90. The number of anilines is 1. The number of rotatable bonds is 3. The highest BCUT2D eigenvalue weighted by molar-refractivity contribution is 7.20. The lowest BCUT2D eigenvalue weighted by atomic mass is 9.87. The molecule has 5 rings (SSSR count). The summed E-state index contributed by atoms with van der Waals surface area (Å²) in [5, 5.41) is 18.3. The van der Waals surface area contributed by atoms with Crippen molar-refractivity contribution in [1.29, 1.82) is 0 Å². The van der Waals surface area contributed by atoms with Crippen LogP contribution < -0.4 is 10.1 Å². The number of methoxy groups -OCH3 is 1. The van der Waals surface area contributed by atoms with Crippen LogP contribution >= 0.6 is 11.3 Å². The predicted molar refractivity (Wildman–Crippen MR) is 106 cm³/mol. The average Bonchev–Trinajstić information content (AvgIpc) is 3.30. The van der Waals surface area contributed by atoms with Crippen LogP contribution in [-0.2, 0) is 4.79 Å². The SMILES string of the molecule is COc1ccc([C@@H]2CC(=O)Nc3c2cnn3-c2nc3ccccc3s2)cc1O. The van der Waals surface area contributed by atoms with Gasteiger partial charge in [0.15, 0.2) is 11.5 Å². The number of aromatic hydroxyl groups is 1. The number of hydrogen-bond donors (Lipinski definition) is 2. The molecular formula is C20H16N4O3S. The van der Waals surface area contributed by atoms with Crippen molar-refractivity contribution in [1.82, 2.24) is 14.8 Å². The number of aromatic nitrogens is 3. The molecule has 0 saturated carbocycles. The van der Waals surface area contributed by atoms with Gasteiger partial charge in [0, 0.05) is 17.9 Å². The number of para-hydroxylation sites is 1. The van der Waals surface area contributed by atoms with Gasteiger partial charge in [0.05, 0.1) is 23.5 Å². The molecule has 2 aromatic heterocycles. The number of phenols is 1. The Bertz CT molecular complexity index is 1180. The molecule has 0 bridgehead atoms. The first-order chi connectivity index (χ1) is 13.6. The first kappa shape index (κ1) is 16.8. The Balaban J connectivity index is 1.60. The van der Waals surface area contributed by atoms with Gasteiger partial charge in [-0.3, -0.25) is 4.79 Å². The normalized spacial score (nSPS) is 16.0. The van der Waals surface area contributed by atoms with Crippen LogP contribution in [-0.4, -0.2) is 32.9 Å². The van der Waals surface area contributed by atoms with E-state index in [-0.39, 0.29) is 24.0 Å². The summed E-state index contributed by atoms with van der Waals surface area (Å²) >= 11 is 1.51. The molecule has 1 aliphatic heterocycles. The predicted octanol–water partition coefficient (Wildman–Crippen LogP) is 3.67. The number of benzene rings is 2. The number of fused-ring (bicyclic) bond motifs is 2. The topological polar surface area (TPSA) is 89.3 Å². The van der Waals surface area contributed by atoms with Crippen molar-refractivity contribution >= 4 is 33.3 Å². The standard InChI is InChI=1S/C20H16N4O3S/c1-27-16-7-6-11(8-15(16)25)12-9-18(26)23-19-13(12)10-21-24(19)20-22-14-4-2-3-5-17(14)28-20/h2-8,10,12,25H,9H2,1H3,(H,23,26)/t12-/m0/s1. The summed E-state index contributed by atoms with van der Waals surface area (Å²) in [4.78, 5) is 17.0. The highest BCUT2D eigenvalue weighted by Gasteiger charge is 2.31. The van der Waals surface area contributed by atoms with Gasteiger partial charge in [0.1, 0.15) is 5.82 Å². The summed E-state index contributed by atoms with van der Waals surface area (Å²) in [6.07, 6.45) is 2.04. The van der Waals surface area contributed by atoms with E-state index in [0.717, 1.165) is 21.3 Å². The van der Waals surface area contributed by atoms with Gasteiger partial charge in [0.25, 0.3) is 0 Å². The number of carbonyl (C=O) groups is 1. The van der Waals surface area contributed by atoms with Crippen LogP contribution in [0.2, 0.25) is 0 Å². The molecule has 2 N–H and O–H groups in total. The highest BCUT2D eigenvalue weighted by atomic mass is 32.1. The summed E-state index contributed by atoms with van der Waals surface area (Å²) in [6, 6.07) is 13.1. The first-order valence-electron chi connectivity index (χ1n) is 8.74. The average molecular weight is 392 g/mol. The van der Waals surface area contributed by atoms with Crippen LogP contribution in [0.15, 0.2) is 48.7 Å². The fraction of sp³-hybridized carbons (Fsp3) is 0.150. The van der Waals surface area contributed by atoms with Crippen molar-refractivity contribution in [2.45, 2.75) is 12.3 Å². The Labute approximate surface area is 164 Å². The largest absolute Gasteiger partial charge is 0.504 e. The monoisotopic (exact) mass is 392 g/mol. The summed E-state index contributed by atoms with van der Waals surface area (Å²) in [7, 11) is 1.50. The van der Waals surface area contributed by atoms with Crippen molar-refractivity contribution in [3.63, 3.8) is 0 Å². The minimum absolute atomic E-state index is 0.0473. The first-order valence-corrected chi connectivity index (χ1v) is 9.56. The molecule has 4 aromatic rings. The van der Waals surface area contributed by atoms with Crippen LogP contribution in [0.5, 0.6) is 11.5 Å². The minimum Gasteiger partial charge on any atom is -0.504 e. The Kier molecular flexibility index (Phi) is 3.80. The van der Waals surface area contributed by atoms with Gasteiger partial charge >= 0.3 is 0 Å². The molecule has 0 saturated heterocycles. The van der Waals surface area contributed by atoms with Gasteiger partial charge in [-0.05, 0) is 29.8 Å². The molecule has 1 aliphatic rings. The van der Waals surface area contributed by atoms with Gasteiger partial charge in [-0.15, -0.1) is 0 Å². The molecule has 3 heterocycles. The molecule has 0 aliphatic carbocycles. The zero-order valence-corrected chi connectivity index (χ0v) is 15.7. The van der Waals surface area contributed by atoms with E-state index < -0.39 is 0 Å². The Morgan fingerprint density at radius 2 is 2.14 bits per heavy atom. The summed E-state index contributed by atoms with van der Waals surface area (Å²) in [6.45, 7) is 0. The molecule has 1 amide bonds. The molecule has 140 valence electrons. The summed E-state index contributed by atoms with van der Waals surface area (Å²) in [5.74, 6) is 0.760. The van der Waals surface area contributed by atoms with E-state index in [4.69, 9.17) is 4.74 Å². The van der Waals surface area contributed by atoms with E-state index in [1.807, 2.05) is 30.3 Å². The van der Waals surface area contributed by atoms with E-state index in [1.54, 1.807) is 23.0 Å². The maximum Gasteiger partial charge on any atom is 0.226 e. The van der Waals surface area contributed by atoms with Crippen molar-refractivity contribution in [2.24, 2.45) is 0 Å². The van der Waals surface area contributed by atoms with E-state index in [9.17, 15) is 9.90 Å². The number of carbonyl (C=O) groups excluding carboxylic acids is 1. The van der Waals surface area contributed by atoms with Crippen LogP contribution in [0.25, 0.3) is 15.3 Å². The molecule has 0 spiro atoms. The Hall–Kier alpha value is -3.39. The van der Waals surface area contributed by atoms with Crippen molar-refractivity contribution in [3.05, 3.63) is 59.8 Å². The van der Waals surface area contributed by atoms with Crippen molar-refractivity contribution in [3.8, 4) is 16.6 Å². The molecule has 1 atom stereocenters. The summed E-state index contributed by atoms with van der Waals surface area (Å²) < 4.78 is 7.85. The number of amides is 1. The Morgan fingerprint density at radius 1 is 1.29 bits per heavy atom. The number of nitrogens with zero attached hydrogens (tertiary/aromatic N) is 3. The van der Waals surface area contributed by atoms with Gasteiger partial charge in [-0.2, -0.15) is 9.78 Å². The fourth-order valence-corrected chi connectivity index (χ4v) is 4.47. The molecular weight excluding hydrogens is 376 g/mol. The molecule has 0 radical (unpaired) electrons. The smallest absolute Gasteiger partial charge is 0.226 e. The highest BCUT2D eigenvalue weighted by Crippen LogP contribution is 2.41. The molecule has 2 aromatic carbocycles. The number of hydrogen-bond acceptors (Lipinski definition) is 6. The number of ether oxygens (including phenoxy) is 1. The van der Waals surface area contributed by atoms with Gasteiger partial charge < -0.3 is 15.2 Å². The maximum atomic E-state index is 12.4. The molecule has 28 heavy (non-hydrogen) atoms.